The van der Waals surface area contributed by atoms with E-state index >= 15 is 0 Å². The number of amides is 1. The Hall–Kier alpha value is -3.58. The second kappa shape index (κ2) is 9.11. The molecule has 0 bridgehead atoms. The van der Waals surface area contributed by atoms with Crippen LogP contribution in [-0.4, -0.2) is 38.0 Å². The summed E-state index contributed by atoms with van der Waals surface area (Å²) in [5, 5.41) is 14.2. The molecule has 1 amide bonds. The van der Waals surface area contributed by atoms with E-state index in [9.17, 15) is 14.3 Å². The molecule has 0 spiro atoms. The van der Waals surface area contributed by atoms with Gasteiger partial charge in [-0.05, 0) is 60.5 Å². The van der Waals surface area contributed by atoms with Gasteiger partial charge in [-0.1, -0.05) is 30.3 Å². The Morgan fingerprint density at radius 3 is 2.45 bits per heavy atom. The van der Waals surface area contributed by atoms with Crippen LogP contribution in [0.25, 0.3) is 16.9 Å². The number of carbonyl (C=O) groups excluding carboxylic acids is 1. The second-order valence-corrected chi connectivity index (χ2v) is 8.96. The summed E-state index contributed by atoms with van der Waals surface area (Å²) in [5.74, 6) is 0.409. The van der Waals surface area contributed by atoms with Crippen molar-refractivity contribution >= 4 is 17.7 Å². The van der Waals surface area contributed by atoms with Gasteiger partial charge in [-0.3, -0.25) is 4.79 Å². The van der Waals surface area contributed by atoms with Crippen molar-refractivity contribution in [1.82, 2.24) is 14.7 Å². The average molecular weight is 460 g/mol. The molecule has 5 nitrogen and oxygen atoms in total. The molecule has 33 heavy (non-hydrogen) atoms. The van der Waals surface area contributed by atoms with Crippen molar-refractivity contribution in [2.45, 2.75) is 11.8 Å². The fourth-order valence-corrected chi connectivity index (χ4v) is 5.20. The molecular weight excluding hydrogens is 437 g/mol. The number of thioether (sulfide) groups is 1. The Morgan fingerprint density at radius 2 is 1.73 bits per heavy atom. The summed E-state index contributed by atoms with van der Waals surface area (Å²) < 4.78 is 15.4. The lowest BCUT2D eigenvalue weighted by Gasteiger charge is -2.24. The first-order valence-electron chi connectivity index (χ1n) is 10.7. The van der Waals surface area contributed by atoms with Gasteiger partial charge in [-0.2, -0.15) is 5.10 Å². The first-order chi connectivity index (χ1) is 16.1. The summed E-state index contributed by atoms with van der Waals surface area (Å²) in [6, 6.07) is 23.1. The van der Waals surface area contributed by atoms with Crippen LogP contribution in [0.15, 0.2) is 85.1 Å². The highest BCUT2D eigenvalue weighted by molar-refractivity contribution is 8.00. The number of phenolic OH excluding ortho intramolecular Hbond substituents is 1. The van der Waals surface area contributed by atoms with Crippen LogP contribution in [0.1, 0.15) is 16.5 Å². The van der Waals surface area contributed by atoms with E-state index in [0.29, 0.717) is 18.7 Å². The number of para-hydroxylation sites is 1. The van der Waals surface area contributed by atoms with Crippen LogP contribution >= 0.6 is 11.8 Å². The van der Waals surface area contributed by atoms with E-state index in [-0.39, 0.29) is 22.8 Å². The molecule has 0 radical (unpaired) electrons. The zero-order chi connectivity index (χ0) is 22.8. The monoisotopic (exact) mass is 459 g/mol. The van der Waals surface area contributed by atoms with Crippen LogP contribution in [0.5, 0.6) is 5.75 Å². The number of halogens is 1. The molecule has 1 unspecified atom stereocenters. The number of aromatic nitrogens is 2. The van der Waals surface area contributed by atoms with Crippen LogP contribution in [0, 0.1) is 5.82 Å². The van der Waals surface area contributed by atoms with Gasteiger partial charge in [0.15, 0.2) is 0 Å². The van der Waals surface area contributed by atoms with Gasteiger partial charge in [0.2, 0.25) is 5.91 Å². The maximum absolute atomic E-state index is 13.6. The van der Waals surface area contributed by atoms with Crippen LogP contribution in [0.4, 0.5) is 4.39 Å². The van der Waals surface area contributed by atoms with Gasteiger partial charge >= 0.3 is 0 Å². The van der Waals surface area contributed by atoms with E-state index in [1.807, 2.05) is 58.2 Å². The first kappa shape index (κ1) is 21.3. The third-order valence-corrected chi connectivity index (χ3v) is 6.93. The highest BCUT2D eigenvalue weighted by Crippen LogP contribution is 2.42. The van der Waals surface area contributed by atoms with E-state index in [4.69, 9.17) is 5.10 Å². The minimum Gasteiger partial charge on any atom is -0.508 e. The van der Waals surface area contributed by atoms with Crippen molar-refractivity contribution in [2.24, 2.45) is 0 Å². The zero-order valence-corrected chi connectivity index (χ0v) is 18.6. The molecule has 7 heteroatoms. The third-order valence-electron chi connectivity index (χ3n) is 5.69. The Bertz CT molecular complexity index is 1260. The summed E-state index contributed by atoms with van der Waals surface area (Å²) in [7, 11) is 0. The van der Waals surface area contributed by atoms with Gasteiger partial charge in [0, 0.05) is 23.9 Å². The van der Waals surface area contributed by atoms with Crippen molar-refractivity contribution in [2.75, 3.05) is 12.3 Å². The smallest absolute Gasteiger partial charge is 0.233 e. The number of nitrogens with zero attached hydrogens (tertiary/aromatic N) is 3. The minimum absolute atomic E-state index is 0.0845. The van der Waals surface area contributed by atoms with Gasteiger partial charge in [0.25, 0.3) is 0 Å². The molecule has 0 aliphatic carbocycles. The van der Waals surface area contributed by atoms with Crippen molar-refractivity contribution < 1.29 is 14.3 Å². The number of hydrogen-bond donors (Lipinski definition) is 1. The quantitative estimate of drug-likeness (QED) is 0.431. The van der Waals surface area contributed by atoms with E-state index in [1.165, 1.54) is 12.1 Å². The Kier molecular flexibility index (Phi) is 5.88. The highest BCUT2D eigenvalue weighted by atomic mass is 32.2. The number of hydrogen-bond acceptors (Lipinski definition) is 4. The Labute approximate surface area is 195 Å². The standard InChI is InChI=1S/C26H22FN3O2S/c27-20-10-8-19(9-11-20)25-23(16-30(28-25)21-4-2-1-3-5-21)26-29(24(32)17-33-26)15-14-18-6-12-22(31)13-7-18/h1-13,16,26,31H,14-15,17H2. The van der Waals surface area contributed by atoms with Gasteiger partial charge in [0.1, 0.15) is 16.9 Å². The maximum atomic E-state index is 13.6. The topological polar surface area (TPSA) is 58.4 Å². The lowest BCUT2D eigenvalue weighted by atomic mass is 10.1. The molecule has 1 atom stereocenters. The molecule has 1 saturated heterocycles. The van der Waals surface area contributed by atoms with Gasteiger partial charge in [-0.25, -0.2) is 9.07 Å². The van der Waals surface area contributed by atoms with Crippen molar-refractivity contribution in [3.8, 4) is 22.7 Å². The first-order valence-corrected chi connectivity index (χ1v) is 11.7. The second-order valence-electron chi connectivity index (χ2n) is 7.89. The minimum atomic E-state index is -0.302. The van der Waals surface area contributed by atoms with Crippen LogP contribution in [0.3, 0.4) is 0 Å². The third kappa shape index (κ3) is 4.50. The van der Waals surface area contributed by atoms with Crippen LogP contribution in [-0.2, 0) is 11.2 Å². The molecule has 1 aliphatic heterocycles. The number of benzene rings is 3. The number of phenols is 1. The summed E-state index contributed by atoms with van der Waals surface area (Å²) in [6.45, 7) is 0.556. The summed E-state index contributed by atoms with van der Waals surface area (Å²) in [6.07, 6.45) is 2.65. The molecule has 1 aromatic heterocycles. The SMILES string of the molecule is O=C1CSC(c2cn(-c3ccccc3)nc2-c2ccc(F)cc2)N1CCc1ccc(O)cc1. The molecule has 1 N–H and O–H groups in total. The largest absolute Gasteiger partial charge is 0.508 e. The van der Waals surface area contributed by atoms with E-state index in [2.05, 4.69) is 0 Å². The van der Waals surface area contributed by atoms with E-state index in [1.54, 1.807) is 36.0 Å². The number of rotatable bonds is 6. The van der Waals surface area contributed by atoms with Gasteiger partial charge < -0.3 is 10.0 Å². The maximum Gasteiger partial charge on any atom is 0.233 e. The normalized spacial score (nSPS) is 15.8. The van der Waals surface area contributed by atoms with Crippen molar-refractivity contribution in [3.05, 3.63) is 102 Å². The Balaban J connectivity index is 1.50. The molecule has 5 rings (SSSR count). The Morgan fingerprint density at radius 1 is 1.00 bits per heavy atom. The summed E-state index contributed by atoms with van der Waals surface area (Å²) in [5.41, 5.74) is 4.43. The summed E-state index contributed by atoms with van der Waals surface area (Å²) in [4.78, 5) is 14.7. The molecule has 1 fully saturated rings. The lowest BCUT2D eigenvalue weighted by molar-refractivity contribution is -0.128. The predicted octanol–water partition coefficient (Wildman–Crippen LogP) is 5.20. The van der Waals surface area contributed by atoms with Crippen molar-refractivity contribution in [3.63, 3.8) is 0 Å². The molecule has 1 aliphatic rings. The molecule has 0 saturated carbocycles. The molecule has 4 aromatic rings. The van der Waals surface area contributed by atoms with Gasteiger partial charge in [-0.15, -0.1) is 11.8 Å². The van der Waals surface area contributed by atoms with Crippen LogP contribution in [0.2, 0.25) is 0 Å². The van der Waals surface area contributed by atoms with Crippen molar-refractivity contribution in [1.29, 1.82) is 0 Å². The fraction of sp³-hybridized carbons (Fsp3) is 0.154. The predicted molar refractivity (Wildman–Crippen MR) is 128 cm³/mol. The zero-order valence-electron chi connectivity index (χ0n) is 17.8. The van der Waals surface area contributed by atoms with E-state index in [0.717, 1.165) is 28.1 Å². The number of aromatic hydroxyl groups is 1. The lowest BCUT2D eigenvalue weighted by Crippen LogP contribution is -2.30. The van der Waals surface area contributed by atoms with E-state index < -0.39 is 0 Å². The fourth-order valence-electron chi connectivity index (χ4n) is 3.98. The van der Waals surface area contributed by atoms with Gasteiger partial charge in [0.05, 0.1) is 17.1 Å². The highest BCUT2D eigenvalue weighted by Gasteiger charge is 2.35. The average Bonchev–Trinajstić information content (AvgIpc) is 3.43. The number of carbonyl (C=O) groups is 1. The molecule has 166 valence electrons. The van der Waals surface area contributed by atoms with Crippen LogP contribution < -0.4 is 0 Å². The summed E-state index contributed by atoms with van der Waals surface area (Å²) >= 11 is 1.58. The molecule has 2 heterocycles. The molecular formula is C26H22FN3O2S. The molecule has 3 aromatic carbocycles.